The minimum atomic E-state index is 0.0349. The third kappa shape index (κ3) is 1.60. The molecule has 16 heavy (non-hydrogen) atoms. The average Bonchev–Trinajstić information content (AvgIpc) is 2.81. The van der Waals surface area contributed by atoms with Gasteiger partial charge in [-0.1, -0.05) is 0 Å². The molecule has 2 unspecified atom stereocenters. The molecule has 1 saturated carbocycles. The fourth-order valence-corrected chi connectivity index (χ4v) is 3.16. The van der Waals surface area contributed by atoms with Crippen molar-refractivity contribution in [3.8, 4) is 5.75 Å². The smallest absolute Gasteiger partial charge is 0.261 e. The Bertz CT molecular complexity index is 408. The van der Waals surface area contributed by atoms with Gasteiger partial charge in [-0.2, -0.15) is 0 Å². The number of methoxy groups -OCH3 is 1. The van der Waals surface area contributed by atoms with Crippen LogP contribution in [0.1, 0.15) is 9.67 Å². The zero-order valence-corrected chi connectivity index (χ0v) is 9.84. The molecule has 4 nitrogen and oxygen atoms in total. The predicted molar refractivity (Wildman–Crippen MR) is 62.0 cm³/mol. The highest BCUT2D eigenvalue weighted by Gasteiger charge is 2.53. The second kappa shape index (κ2) is 3.75. The predicted octanol–water partition coefficient (Wildman–Crippen LogP) is 0.704. The first kappa shape index (κ1) is 10.1. The van der Waals surface area contributed by atoms with Crippen molar-refractivity contribution in [3.05, 3.63) is 16.3 Å². The standard InChI is InChI=1S/C11H14N2O2S/c1-15-6-2-9(16-5-6)11(14)13-10-7-3-12-4-8(7)10/h2,5,7-8,10,12H,3-4H2,1H3,(H,13,14). The van der Waals surface area contributed by atoms with Gasteiger partial charge in [-0.15, -0.1) is 11.3 Å². The van der Waals surface area contributed by atoms with Crippen LogP contribution in [-0.4, -0.2) is 32.1 Å². The number of carbonyl (C=O) groups is 1. The Morgan fingerprint density at radius 2 is 2.31 bits per heavy atom. The Morgan fingerprint density at radius 3 is 2.94 bits per heavy atom. The van der Waals surface area contributed by atoms with Crippen LogP contribution in [0.5, 0.6) is 5.75 Å². The van der Waals surface area contributed by atoms with E-state index in [1.165, 1.54) is 11.3 Å². The van der Waals surface area contributed by atoms with Crippen LogP contribution in [0.4, 0.5) is 0 Å². The minimum Gasteiger partial charge on any atom is -0.496 e. The normalized spacial score (nSPS) is 30.9. The van der Waals surface area contributed by atoms with Crippen molar-refractivity contribution in [2.24, 2.45) is 11.8 Å². The molecule has 1 aliphatic carbocycles. The van der Waals surface area contributed by atoms with Gasteiger partial charge in [0.15, 0.2) is 0 Å². The highest BCUT2D eigenvalue weighted by Crippen LogP contribution is 2.41. The summed E-state index contributed by atoms with van der Waals surface area (Å²) in [5, 5.41) is 8.25. The number of thiophene rings is 1. The number of amides is 1. The van der Waals surface area contributed by atoms with Crippen LogP contribution < -0.4 is 15.4 Å². The number of carbonyl (C=O) groups excluding carboxylic acids is 1. The van der Waals surface area contributed by atoms with Crippen molar-refractivity contribution in [2.45, 2.75) is 6.04 Å². The van der Waals surface area contributed by atoms with Crippen molar-refractivity contribution in [1.29, 1.82) is 0 Å². The fraction of sp³-hybridized carbons (Fsp3) is 0.545. The van der Waals surface area contributed by atoms with Crippen molar-refractivity contribution in [1.82, 2.24) is 10.6 Å². The minimum absolute atomic E-state index is 0.0349. The van der Waals surface area contributed by atoms with Crippen molar-refractivity contribution in [2.75, 3.05) is 20.2 Å². The lowest BCUT2D eigenvalue weighted by molar-refractivity contribution is 0.0950. The van der Waals surface area contributed by atoms with E-state index in [0.29, 0.717) is 17.9 Å². The van der Waals surface area contributed by atoms with Crippen molar-refractivity contribution in [3.63, 3.8) is 0 Å². The largest absolute Gasteiger partial charge is 0.496 e. The van der Waals surface area contributed by atoms with Gasteiger partial charge in [0.2, 0.25) is 0 Å². The molecule has 1 aromatic rings. The maximum Gasteiger partial charge on any atom is 0.261 e. The summed E-state index contributed by atoms with van der Waals surface area (Å²) in [4.78, 5) is 12.6. The zero-order chi connectivity index (χ0) is 11.1. The number of hydrogen-bond donors (Lipinski definition) is 2. The molecule has 2 heterocycles. The third-order valence-electron chi connectivity index (χ3n) is 3.42. The summed E-state index contributed by atoms with van der Waals surface area (Å²) < 4.78 is 5.06. The monoisotopic (exact) mass is 238 g/mol. The molecule has 3 rings (SSSR count). The first-order valence-electron chi connectivity index (χ1n) is 5.43. The number of ether oxygens (including phenoxy) is 1. The topological polar surface area (TPSA) is 50.4 Å². The molecule has 0 radical (unpaired) electrons. The summed E-state index contributed by atoms with van der Waals surface area (Å²) in [6.07, 6.45) is 0. The molecular formula is C11H14N2O2S. The molecule has 2 fully saturated rings. The molecule has 0 spiro atoms. The summed E-state index contributed by atoms with van der Waals surface area (Å²) in [5.74, 6) is 2.11. The summed E-state index contributed by atoms with van der Waals surface area (Å²) in [6.45, 7) is 2.09. The van der Waals surface area contributed by atoms with Gasteiger partial charge in [-0.3, -0.25) is 4.79 Å². The Hall–Kier alpha value is -1.07. The quantitative estimate of drug-likeness (QED) is 0.815. The molecule has 2 N–H and O–H groups in total. The lowest BCUT2D eigenvalue weighted by Gasteiger charge is -2.05. The van der Waals surface area contributed by atoms with Crippen LogP contribution >= 0.6 is 11.3 Å². The summed E-state index contributed by atoms with van der Waals surface area (Å²) in [6, 6.07) is 2.18. The van der Waals surface area contributed by atoms with Crippen LogP contribution in [-0.2, 0) is 0 Å². The van der Waals surface area contributed by atoms with Crippen LogP contribution in [0.15, 0.2) is 11.4 Å². The fourth-order valence-electron chi connectivity index (χ4n) is 2.40. The van der Waals surface area contributed by atoms with E-state index >= 15 is 0 Å². The van der Waals surface area contributed by atoms with Crippen LogP contribution in [0.2, 0.25) is 0 Å². The molecule has 1 aromatic heterocycles. The maximum atomic E-state index is 11.9. The van der Waals surface area contributed by atoms with Gasteiger partial charge in [0.25, 0.3) is 5.91 Å². The van der Waals surface area contributed by atoms with Crippen LogP contribution in [0.25, 0.3) is 0 Å². The molecular weight excluding hydrogens is 224 g/mol. The number of fused-ring (bicyclic) bond motifs is 1. The van der Waals surface area contributed by atoms with Gasteiger partial charge in [0.05, 0.1) is 12.0 Å². The Labute approximate surface area is 98.0 Å². The lowest BCUT2D eigenvalue weighted by Crippen LogP contribution is -2.32. The third-order valence-corrected chi connectivity index (χ3v) is 4.33. The second-order valence-corrected chi connectivity index (χ2v) is 5.25. The Morgan fingerprint density at radius 1 is 1.56 bits per heavy atom. The molecule has 1 aliphatic heterocycles. The van der Waals surface area contributed by atoms with Crippen molar-refractivity contribution < 1.29 is 9.53 Å². The summed E-state index contributed by atoms with van der Waals surface area (Å²) >= 11 is 1.43. The number of nitrogens with one attached hydrogen (secondary N) is 2. The molecule has 1 amide bonds. The van der Waals surface area contributed by atoms with E-state index in [9.17, 15) is 4.79 Å². The van der Waals surface area contributed by atoms with Gasteiger partial charge in [0, 0.05) is 30.6 Å². The Balaban J connectivity index is 1.61. The van der Waals surface area contributed by atoms with E-state index in [4.69, 9.17) is 4.74 Å². The van der Waals surface area contributed by atoms with Gasteiger partial charge >= 0.3 is 0 Å². The lowest BCUT2D eigenvalue weighted by atomic mass is 10.4. The van der Waals surface area contributed by atoms with Gasteiger partial charge in [0.1, 0.15) is 5.75 Å². The average molecular weight is 238 g/mol. The SMILES string of the molecule is COc1csc(C(=O)NC2C3CNCC32)c1. The number of hydrogen-bond acceptors (Lipinski definition) is 4. The number of piperidine rings is 1. The van der Waals surface area contributed by atoms with Gasteiger partial charge in [-0.05, 0) is 11.8 Å². The first-order valence-corrected chi connectivity index (χ1v) is 6.31. The molecule has 0 aromatic carbocycles. The van der Waals surface area contributed by atoms with Crippen LogP contribution in [0.3, 0.4) is 0 Å². The highest BCUT2D eigenvalue weighted by atomic mass is 32.1. The number of rotatable bonds is 3. The zero-order valence-electron chi connectivity index (χ0n) is 9.03. The van der Waals surface area contributed by atoms with E-state index in [2.05, 4.69) is 10.6 Å². The molecule has 86 valence electrons. The molecule has 5 heteroatoms. The van der Waals surface area contributed by atoms with Gasteiger partial charge < -0.3 is 15.4 Å². The van der Waals surface area contributed by atoms with E-state index in [1.807, 2.05) is 5.38 Å². The first-order chi connectivity index (χ1) is 7.79. The van der Waals surface area contributed by atoms with E-state index < -0.39 is 0 Å². The summed E-state index contributed by atoms with van der Waals surface area (Å²) in [5.41, 5.74) is 0. The highest BCUT2D eigenvalue weighted by molar-refractivity contribution is 7.12. The van der Waals surface area contributed by atoms with Crippen molar-refractivity contribution >= 4 is 17.2 Å². The second-order valence-electron chi connectivity index (χ2n) is 4.34. The van der Waals surface area contributed by atoms with E-state index in [-0.39, 0.29) is 5.91 Å². The molecule has 1 saturated heterocycles. The maximum absolute atomic E-state index is 11.9. The molecule has 2 aliphatic rings. The van der Waals surface area contributed by atoms with E-state index in [0.717, 1.165) is 23.7 Å². The van der Waals surface area contributed by atoms with E-state index in [1.54, 1.807) is 13.2 Å². The van der Waals surface area contributed by atoms with Gasteiger partial charge in [-0.25, -0.2) is 0 Å². The van der Waals surface area contributed by atoms with Crippen LogP contribution in [0, 0.1) is 11.8 Å². The summed E-state index contributed by atoms with van der Waals surface area (Å²) in [7, 11) is 1.61. The molecule has 2 atom stereocenters. The molecule has 0 bridgehead atoms. The Kier molecular flexibility index (Phi) is 2.37.